The number of thioether (sulfide) groups is 1. The quantitative estimate of drug-likeness (QED) is 0.874. The Morgan fingerprint density at radius 2 is 2.44 bits per heavy atom. The van der Waals surface area contributed by atoms with Gasteiger partial charge in [0.05, 0.1) is 5.69 Å². The largest absolute Gasteiger partial charge is 0.307 e. The summed E-state index contributed by atoms with van der Waals surface area (Å²) >= 11 is 2.07. The summed E-state index contributed by atoms with van der Waals surface area (Å²) in [7, 11) is 0. The van der Waals surface area contributed by atoms with Crippen LogP contribution in [0.4, 0.5) is 0 Å². The van der Waals surface area contributed by atoms with Crippen LogP contribution in [0.5, 0.6) is 0 Å². The highest BCUT2D eigenvalue weighted by atomic mass is 32.2. The Balaban J connectivity index is 1.86. The summed E-state index contributed by atoms with van der Waals surface area (Å²) < 4.78 is 0. The Kier molecular flexibility index (Phi) is 4.18. The van der Waals surface area contributed by atoms with Crippen LogP contribution in [0.3, 0.4) is 0 Å². The van der Waals surface area contributed by atoms with Gasteiger partial charge in [0.25, 0.3) is 0 Å². The van der Waals surface area contributed by atoms with Gasteiger partial charge >= 0.3 is 0 Å². The molecule has 0 aromatic carbocycles. The van der Waals surface area contributed by atoms with Crippen molar-refractivity contribution in [3.63, 3.8) is 0 Å². The zero-order valence-corrected chi connectivity index (χ0v) is 10.8. The van der Waals surface area contributed by atoms with Gasteiger partial charge in [-0.2, -0.15) is 11.8 Å². The van der Waals surface area contributed by atoms with E-state index >= 15 is 0 Å². The van der Waals surface area contributed by atoms with Gasteiger partial charge in [0.15, 0.2) is 0 Å². The number of aromatic nitrogens is 2. The van der Waals surface area contributed by atoms with Crippen LogP contribution in [-0.4, -0.2) is 27.0 Å². The van der Waals surface area contributed by atoms with E-state index in [2.05, 4.69) is 34.0 Å². The van der Waals surface area contributed by atoms with E-state index in [9.17, 15) is 0 Å². The van der Waals surface area contributed by atoms with Crippen LogP contribution in [0.1, 0.15) is 31.3 Å². The Hall–Kier alpha value is -0.610. The summed E-state index contributed by atoms with van der Waals surface area (Å²) in [5.74, 6) is 2.16. The van der Waals surface area contributed by atoms with Crippen LogP contribution in [-0.2, 0) is 6.54 Å². The maximum absolute atomic E-state index is 4.40. The lowest BCUT2D eigenvalue weighted by molar-refractivity contribution is 0.458. The average Bonchev–Trinajstić information content (AvgIpc) is 2.28. The lowest BCUT2D eigenvalue weighted by atomic mass is 10.1. The topological polar surface area (TPSA) is 37.8 Å². The van der Waals surface area contributed by atoms with Crippen LogP contribution >= 0.6 is 11.8 Å². The van der Waals surface area contributed by atoms with Crippen molar-refractivity contribution in [1.29, 1.82) is 0 Å². The van der Waals surface area contributed by atoms with Crippen LogP contribution in [0, 0.1) is 6.92 Å². The number of nitrogens with zero attached hydrogens (tertiary/aromatic N) is 2. The van der Waals surface area contributed by atoms with Crippen molar-refractivity contribution in [1.82, 2.24) is 15.3 Å². The van der Waals surface area contributed by atoms with Gasteiger partial charge in [-0.25, -0.2) is 9.97 Å². The van der Waals surface area contributed by atoms with E-state index in [1.807, 2.05) is 19.2 Å². The molecule has 2 heterocycles. The first kappa shape index (κ1) is 11.9. The molecule has 0 bridgehead atoms. The van der Waals surface area contributed by atoms with Crippen LogP contribution in [0.25, 0.3) is 0 Å². The normalized spacial score (nSPS) is 25.6. The molecule has 1 aliphatic heterocycles. The Morgan fingerprint density at radius 3 is 3.19 bits per heavy atom. The van der Waals surface area contributed by atoms with E-state index < -0.39 is 0 Å². The summed E-state index contributed by atoms with van der Waals surface area (Å²) in [5.41, 5.74) is 1.09. The number of hydrogen-bond acceptors (Lipinski definition) is 4. The fourth-order valence-electron chi connectivity index (χ4n) is 2.03. The molecule has 1 aromatic rings. The first-order valence-electron chi connectivity index (χ1n) is 5.89. The molecular formula is C12H19N3S. The third kappa shape index (κ3) is 3.19. The minimum Gasteiger partial charge on any atom is -0.307 e. The minimum atomic E-state index is 0.633. The van der Waals surface area contributed by atoms with Crippen molar-refractivity contribution in [3.05, 3.63) is 23.8 Å². The molecule has 2 unspecified atom stereocenters. The molecule has 4 heteroatoms. The smallest absolute Gasteiger partial charge is 0.125 e. The van der Waals surface area contributed by atoms with Crippen molar-refractivity contribution in [2.75, 3.05) is 5.75 Å². The molecule has 1 N–H and O–H groups in total. The molecule has 2 rings (SSSR count). The second-order valence-corrected chi connectivity index (χ2v) is 5.79. The minimum absolute atomic E-state index is 0.633. The molecule has 0 radical (unpaired) electrons. The van der Waals surface area contributed by atoms with Crippen LogP contribution in [0.2, 0.25) is 0 Å². The van der Waals surface area contributed by atoms with Gasteiger partial charge in [-0.15, -0.1) is 0 Å². The fourth-order valence-corrected chi connectivity index (χ4v) is 3.20. The lowest BCUT2D eigenvalue weighted by Gasteiger charge is -2.29. The number of rotatable bonds is 3. The maximum atomic E-state index is 4.40. The predicted molar refractivity (Wildman–Crippen MR) is 68.6 cm³/mol. The number of hydrogen-bond donors (Lipinski definition) is 1. The zero-order valence-electron chi connectivity index (χ0n) is 9.94. The molecule has 2 atom stereocenters. The van der Waals surface area contributed by atoms with Crippen LogP contribution in [0.15, 0.2) is 12.3 Å². The molecule has 0 amide bonds. The number of aryl methyl sites for hydroxylation is 1. The third-order valence-corrected chi connectivity index (χ3v) is 4.36. The molecule has 88 valence electrons. The Bertz CT molecular complexity index is 343. The molecule has 0 saturated carbocycles. The van der Waals surface area contributed by atoms with Crippen molar-refractivity contribution in [2.24, 2.45) is 0 Å². The van der Waals surface area contributed by atoms with Gasteiger partial charge in [0.2, 0.25) is 0 Å². The van der Waals surface area contributed by atoms with E-state index in [1.165, 1.54) is 18.6 Å². The van der Waals surface area contributed by atoms with E-state index in [0.29, 0.717) is 6.04 Å². The molecular weight excluding hydrogens is 218 g/mol. The molecule has 1 saturated heterocycles. The highest BCUT2D eigenvalue weighted by molar-refractivity contribution is 7.99. The van der Waals surface area contributed by atoms with Crippen LogP contribution < -0.4 is 5.32 Å². The maximum Gasteiger partial charge on any atom is 0.125 e. The molecule has 0 spiro atoms. The van der Waals surface area contributed by atoms with E-state index in [0.717, 1.165) is 23.3 Å². The summed E-state index contributed by atoms with van der Waals surface area (Å²) in [5, 5.41) is 4.32. The van der Waals surface area contributed by atoms with Gasteiger partial charge in [-0.05, 0) is 31.6 Å². The average molecular weight is 237 g/mol. The molecule has 1 fully saturated rings. The van der Waals surface area contributed by atoms with Gasteiger partial charge in [0.1, 0.15) is 5.82 Å². The second-order valence-electron chi connectivity index (χ2n) is 4.30. The molecule has 0 aliphatic carbocycles. The molecule has 3 nitrogen and oxygen atoms in total. The Morgan fingerprint density at radius 1 is 1.56 bits per heavy atom. The van der Waals surface area contributed by atoms with Crippen molar-refractivity contribution in [2.45, 2.75) is 44.5 Å². The second kappa shape index (κ2) is 5.64. The van der Waals surface area contributed by atoms with Gasteiger partial charge in [0, 0.05) is 24.0 Å². The van der Waals surface area contributed by atoms with E-state index in [-0.39, 0.29) is 0 Å². The highest BCUT2D eigenvalue weighted by Crippen LogP contribution is 2.25. The van der Waals surface area contributed by atoms with E-state index in [1.54, 1.807) is 0 Å². The van der Waals surface area contributed by atoms with Crippen molar-refractivity contribution < 1.29 is 0 Å². The van der Waals surface area contributed by atoms with Gasteiger partial charge in [-0.3, -0.25) is 0 Å². The standard InChI is InChI=1S/C12H19N3S/c1-9-12(4-3-7-16-9)14-8-11-5-6-13-10(2)15-11/h5-6,9,12,14H,3-4,7-8H2,1-2H3. The predicted octanol–water partition coefficient (Wildman–Crippen LogP) is 2.16. The summed E-state index contributed by atoms with van der Waals surface area (Å²) in [6.45, 7) is 5.11. The molecule has 1 aliphatic rings. The summed E-state index contributed by atoms with van der Waals surface area (Å²) in [6, 6.07) is 2.62. The van der Waals surface area contributed by atoms with Gasteiger partial charge < -0.3 is 5.32 Å². The Labute approximate surface area is 101 Å². The van der Waals surface area contributed by atoms with Crippen molar-refractivity contribution in [3.8, 4) is 0 Å². The van der Waals surface area contributed by atoms with Gasteiger partial charge in [-0.1, -0.05) is 6.92 Å². The molecule has 1 aromatic heterocycles. The zero-order chi connectivity index (χ0) is 11.4. The number of nitrogens with one attached hydrogen (secondary N) is 1. The first-order chi connectivity index (χ1) is 7.75. The van der Waals surface area contributed by atoms with Crippen molar-refractivity contribution >= 4 is 11.8 Å². The summed E-state index contributed by atoms with van der Waals surface area (Å²) in [6.07, 6.45) is 4.45. The lowest BCUT2D eigenvalue weighted by Crippen LogP contribution is -2.38. The fraction of sp³-hybridized carbons (Fsp3) is 0.667. The SMILES string of the molecule is Cc1nccc(CNC2CCCSC2C)n1. The highest BCUT2D eigenvalue weighted by Gasteiger charge is 2.20. The third-order valence-electron chi connectivity index (χ3n) is 2.99. The summed E-state index contributed by atoms with van der Waals surface area (Å²) in [4.78, 5) is 8.51. The van der Waals surface area contributed by atoms with E-state index in [4.69, 9.17) is 0 Å². The molecule has 16 heavy (non-hydrogen) atoms. The monoisotopic (exact) mass is 237 g/mol. The first-order valence-corrected chi connectivity index (χ1v) is 6.94.